The average molecular weight is 295 g/mol. The number of hydrogen-bond donors (Lipinski definition) is 1. The molecule has 0 radical (unpaired) electrons. The van der Waals surface area contributed by atoms with Gasteiger partial charge in [-0.2, -0.15) is 0 Å². The molecule has 0 unspecified atom stereocenters. The van der Waals surface area contributed by atoms with Crippen LogP contribution in [-0.4, -0.2) is 56.1 Å². The molecular formula is C17H29NO3. The molecule has 4 nitrogen and oxygen atoms in total. The Labute approximate surface area is 128 Å². The summed E-state index contributed by atoms with van der Waals surface area (Å²) in [6.07, 6.45) is 1.32. The van der Waals surface area contributed by atoms with Crippen molar-refractivity contribution < 1.29 is 14.6 Å². The predicted octanol–water partition coefficient (Wildman–Crippen LogP) is 2.48. The molecule has 4 heteroatoms. The SMILES string of the molecule is CCOCC[C@@H](O)CN(C)CCCOc1ccccc1C. The predicted molar refractivity (Wildman–Crippen MR) is 85.9 cm³/mol. The Balaban J connectivity index is 2.10. The minimum absolute atomic E-state index is 0.321. The number of aliphatic hydroxyl groups excluding tert-OH is 1. The van der Waals surface area contributed by atoms with Crippen LogP contribution in [0.3, 0.4) is 0 Å². The first-order valence-corrected chi connectivity index (χ1v) is 7.76. The normalized spacial score (nSPS) is 12.6. The molecule has 0 spiro atoms. The molecule has 0 aliphatic rings. The van der Waals surface area contributed by atoms with Gasteiger partial charge in [0.1, 0.15) is 5.75 Å². The average Bonchev–Trinajstić information content (AvgIpc) is 2.45. The molecule has 0 aliphatic heterocycles. The number of likely N-dealkylation sites (N-methyl/N-ethyl adjacent to an activating group) is 1. The van der Waals surface area contributed by atoms with Crippen LogP contribution >= 0.6 is 0 Å². The Bertz CT molecular complexity index is 384. The van der Waals surface area contributed by atoms with Gasteiger partial charge in [0.25, 0.3) is 0 Å². The summed E-state index contributed by atoms with van der Waals surface area (Å²) in [7, 11) is 2.03. The second kappa shape index (κ2) is 10.6. The minimum atomic E-state index is -0.321. The Morgan fingerprint density at radius 2 is 2.00 bits per heavy atom. The number of benzene rings is 1. The summed E-state index contributed by atoms with van der Waals surface area (Å²) in [4.78, 5) is 2.14. The molecule has 1 N–H and O–H groups in total. The summed E-state index contributed by atoms with van der Waals surface area (Å²) in [5.74, 6) is 0.955. The lowest BCUT2D eigenvalue weighted by Gasteiger charge is -2.20. The van der Waals surface area contributed by atoms with Crippen molar-refractivity contribution in [3.05, 3.63) is 29.8 Å². The Morgan fingerprint density at radius 1 is 1.24 bits per heavy atom. The largest absolute Gasteiger partial charge is 0.493 e. The molecule has 21 heavy (non-hydrogen) atoms. The zero-order chi connectivity index (χ0) is 15.5. The summed E-state index contributed by atoms with van der Waals surface area (Å²) in [6, 6.07) is 8.05. The zero-order valence-corrected chi connectivity index (χ0v) is 13.5. The second-order valence-corrected chi connectivity index (χ2v) is 5.37. The van der Waals surface area contributed by atoms with Gasteiger partial charge in [0.15, 0.2) is 0 Å². The van der Waals surface area contributed by atoms with Crippen molar-refractivity contribution in [2.24, 2.45) is 0 Å². The zero-order valence-electron chi connectivity index (χ0n) is 13.5. The first kappa shape index (κ1) is 18.0. The fourth-order valence-corrected chi connectivity index (χ4v) is 2.14. The van der Waals surface area contributed by atoms with Gasteiger partial charge in [-0.25, -0.2) is 0 Å². The van der Waals surface area contributed by atoms with Crippen LogP contribution in [0.5, 0.6) is 5.75 Å². The molecule has 0 amide bonds. The molecule has 120 valence electrons. The molecule has 0 fully saturated rings. The first-order chi connectivity index (χ1) is 10.1. The molecule has 0 heterocycles. The highest BCUT2D eigenvalue weighted by Gasteiger charge is 2.08. The van der Waals surface area contributed by atoms with E-state index in [0.29, 0.717) is 32.8 Å². The number of rotatable bonds is 11. The first-order valence-electron chi connectivity index (χ1n) is 7.76. The molecule has 0 saturated carbocycles. The summed E-state index contributed by atoms with van der Waals surface area (Å²) >= 11 is 0. The van der Waals surface area contributed by atoms with E-state index in [9.17, 15) is 5.11 Å². The minimum Gasteiger partial charge on any atom is -0.493 e. The summed E-state index contributed by atoms with van der Waals surface area (Å²) in [5.41, 5.74) is 1.16. The van der Waals surface area contributed by atoms with Crippen molar-refractivity contribution in [2.45, 2.75) is 32.8 Å². The molecule has 0 aromatic heterocycles. The number of hydrogen-bond acceptors (Lipinski definition) is 4. The monoisotopic (exact) mass is 295 g/mol. The van der Waals surface area contributed by atoms with Crippen LogP contribution in [0, 0.1) is 6.92 Å². The third-order valence-corrected chi connectivity index (χ3v) is 3.36. The summed E-state index contributed by atoms with van der Waals surface area (Å²) in [5, 5.41) is 9.86. The maximum Gasteiger partial charge on any atom is 0.122 e. The second-order valence-electron chi connectivity index (χ2n) is 5.37. The number of para-hydroxylation sites is 1. The van der Waals surface area contributed by atoms with Gasteiger partial charge in [-0.3, -0.25) is 0 Å². The van der Waals surface area contributed by atoms with Gasteiger partial charge in [-0.15, -0.1) is 0 Å². The van der Waals surface area contributed by atoms with Crippen LogP contribution in [0.4, 0.5) is 0 Å². The topological polar surface area (TPSA) is 41.9 Å². The number of aliphatic hydroxyl groups is 1. The van der Waals surface area contributed by atoms with Crippen molar-refractivity contribution in [1.29, 1.82) is 0 Å². The highest BCUT2D eigenvalue weighted by molar-refractivity contribution is 5.31. The van der Waals surface area contributed by atoms with E-state index in [2.05, 4.69) is 17.9 Å². The van der Waals surface area contributed by atoms with Gasteiger partial charge in [0.2, 0.25) is 0 Å². The molecule has 1 rings (SSSR count). The third-order valence-electron chi connectivity index (χ3n) is 3.36. The molecule has 0 bridgehead atoms. The Kier molecular flexibility index (Phi) is 9.06. The fourth-order valence-electron chi connectivity index (χ4n) is 2.14. The van der Waals surface area contributed by atoms with E-state index in [0.717, 1.165) is 24.3 Å². The molecular weight excluding hydrogens is 266 g/mol. The van der Waals surface area contributed by atoms with Crippen LogP contribution in [0.15, 0.2) is 24.3 Å². The molecule has 1 atom stereocenters. The summed E-state index contributed by atoms with van der Waals surface area (Å²) < 4.78 is 11.0. The van der Waals surface area contributed by atoms with E-state index in [-0.39, 0.29) is 6.10 Å². The number of ether oxygens (including phenoxy) is 2. The van der Waals surface area contributed by atoms with Crippen LogP contribution in [-0.2, 0) is 4.74 Å². The van der Waals surface area contributed by atoms with E-state index in [1.54, 1.807) is 0 Å². The van der Waals surface area contributed by atoms with E-state index in [1.165, 1.54) is 0 Å². The van der Waals surface area contributed by atoms with Crippen molar-refractivity contribution >= 4 is 0 Å². The molecule has 1 aromatic carbocycles. The standard InChI is InChI=1S/C17H29NO3/c1-4-20-13-10-16(19)14-18(3)11-7-12-21-17-9-6-5-8-15(17)2/h5-6,8-9,16,19H,4,7,10-14H2,1-3H3/t16-/m1/s1. The van der Waals surface area contributed by atoms with E-state index >= 15 is 0 Å². The maximum atomic E-state index is 9.86. The van der Waals surface area contributed by atoms with Gasteiger partial charge in [-0.1, -0.05) is 18.2 Å². The number of aryl methyl sites for hydroxylation is 1. The van der Waals surface area contributed by atoms with Gasteiger partial charge >= 0.3 is 0 Å². The van der Waals surface area contributed by atoms with E-state index in [4.69, 9.17) is 9.47 Å². The lowest BCUT2D eigenvalue weighted by atomic mass is 10.2. The Morgan fingerprint density at radius 3 is 2.71 bits per heavy atom. The van der Waals surface area contributed by atoms with Crippen LogP contribution in [0.25, 0.3) is 0 Å². The highest BCUT2D eigenvalue weighted by atomic mass is 16.5. The van der Waals surface area contributed by atoms with Crippen LogP contribution in [0.1, 0.15) is 25.3 Å². The smallest absolute Gasteiger partial charge is 0.122 e. The van der Waals surface area contributed by atoms with Crippen molar-refractivity contribution in [1.82, 2.24) is 4.90 Å². The van der Waals surface area contributed by atoms with Gasteiger partial charge in [0, 0.05) is 26.3 Å². The number of nitrogens with zero attached hydrogens (tertiary/aromatic N) is 1. The fraction of sp³-hybridized carbons (Fsp3) is 0.647. The van der Waals surface area contributed by atoms with E-state index in [1.807, 2.05) is 32.2 Å². The highest BCUT2D eigenvalue weighted by Crippen LogP contribution is 2.16. The van der Waals surface area contributed by atoms with Gasteiger partial charge in [0.05, 0.1) is 12.7 Å². The maximum absolute atomic E-state index is 9.86. The van der Waals surface area contributed by atoms with Gasteiger partial charge in [-0.05, 0) is 45.4 Å². The third kappa shape index (κ3) is 8.05. The van der Waals surface area contributed by atoms with Crippen molar-refractivity contribution in [3.63, 3.8) is 0 Å². The summed E-state index contributed by atoms with van der Waals surface area (Å²) in [6.45, 7) is 7.64. The molecule has 1 aromatic rings. The lowest BCUT2D eigenvalue weighted by Crippen LogP contribution is -2.31. The lowest BCUT2D eigenvalue weighted by molar-refractivity contribution is 0.0683. The van der Waals surface area contributed by atoms with Crippen molar-refractivity contribution in [2.75, 3.05) is 40.0 Å². The van der Waals surface area contributed by atoms with Crippen LogP contribution in [0.2, 0.25) is 0 Å². The quantitative estimate of drug-likeness (QED) is 0.637. The van der Waals surface area contributed by atoms with Gasteiger partial charge < -0.3 is 19.5 Å². The van der Waals surface area contributed by atoms with Crippen molar-refractivity contribution in [3.8, 4) is 5.75 Å². The molecule has 0 aliphatic carbocycles. The molecule has 0 saturated heterocycles. The van der Waals surface area contributed by atoms with Crippen LogP contribution < -0.4 is 4.74 Å². The van der Waals surface area contributed by atoms with E-state index < -0.39 is 0 Å². The Hall–Kier alpha value is -1.10.